The zero-order valence-electron chi connectivity index (χ0n) is 14.5. The predicted molar refractivity (Wildman–Crippen MR) is 91.8 cm³/mol. The lowest BCUT2D eigenvalue weighted by atomic mass is 9.95. The summed E-state index contributed by atoms with van der Waals surface area (Å²) in [7, 11) is 0. The number of carbonyl (C=O) groups excluding carboxylic acids is 1. The van der Waals surface area contributed by atoms with Crippen LogP contribution in [0.4, 0.5) is 18.9 Å². The average molecular weight is 371 g/mol. The maximum absolute atomic E-state index is 12.5. The first-order valence-electron chi connectivity index (χ1n) is 8.97. The SMILES string of the molecule is NC[C@H]1CCC[C@H]1C(=O)NC1CCN(c2cccc(OC(F)(F)F)c2)C1. The quantitative estimate of drug-likeness (QED) is 0.835. The number of nitrogens with two attached hydrogens (primary N) is 1. The van der Waals surface area contributed by atoms with E-state index in [1.165, 1.54) is 18.2 Å². The number of hydrogen-bond acceptors (Lipinski definition) is 4. The van der Waals surface area contributed by atoms with E-state index < -0.39 is 6.36 Å². The van der Waals surface area contributed by atoms with Gasteiger partial charge in [-0.2, -0.15) is 0 Å². The summed E-state index contributed by atoms with van der Waals surface area (Å²) in [5.41, 5.74) is 6.40. The predicted octanol–water partition coefficient (Wildman–Crippen LogP) is 2.66. The van der Waals surface area contributed by atoms with Crippen molar-refractivity contribution in [3.63, 3.8) is 0 Å². The Bertz CT molecular complexity index is 638. The largest absolute Gasteiger partial charge is 0.573 e. The van der Waals surface area contributed by atoms with Crippen molar-refractivity contribution in [2.24, 2.45) is 17.6 Å². The molecule has 1 saturated heterocycles. The van der Waals surface area contributed by atoms with Crippen molar-refractivity contribution >= 4 is 11.6 Å². The standard InChI is InChI=1S/C18H24F3N3O2/c19-18(20,21)26-15-5-2-4-14(9-15)24-8-7-13(11-24)23-17(25)16-6-1-3-12(16)10-22/h2,4-5,9,12-13,16H,1,3,6-8,10-11,22H2,(H,23,25)/t12-,13?,16-/m1/s1. The first-order valence-corrected chi connectivity index (χ1v) is 8.97. The number of anilines is 1. The van der Waals surface area contributed by atoms with Gasteiger partial charge >= 0.3 is 6.36 Å². The summed E-state index contributed by atoms with van der Waals surface area (Å²) in [6.45, 7) is 1.77. The Labute approximate surface area is 150 Å². The van der Waals surface area contributed by atoms with Gasteiger partial charge in [-0.05, 0) is 43.9 Å². The van der Waals surface area contributed by atoms with E-state index in [0.29, 0.717) is 25.3 Å². The summed E-state index contributed by atoms with van der Waals surface area (Å²) in [4.78, 5) is 14.5. The number of amides is 1. The highest BCUT2D eigenvalue weighted by molar-refractivity contribution is 5.79. The molecule has 26 heavy (non-hydrogen) atoms. The molecule has 1 aliphatic carbocycles. The van der Waals surface area contributed by atoms with Gasteiger partial charge in [0.1, 0.15) is 5.75 Å². The maximum atomic E-state index is 12.5. The molecular formula is C18H24F3N3O2. The Kier molecular flexibility index (Phi) is 5.60. The lowest BCUT2D eigenvalue weighted by molar-refractivity contribution is -0.274. The van der Waals surface area contributed by atoms with Gasteiger partial charge in [0.2, 0.25) is 5.91 Å². The van der Waals surface area contributed by atoms with Crippen molar-refractivity contribution < 1.29 is 22.7 Å². The fourth-order valence-electron chi connectivity index (χ4n) is 3.96. The summed E-state index contributed by atoms with van der Waals surface area (Å²) >= 11 is 0. The average Bonchev–Trinajstić information content (AvgIpc) is 3.22. The number of ether oxygens (including phenoxy) is 1. The number of alkyl halides is 3. The van der Waals surface area contributed by atoms with E-state index >= 15 is 0 Å². The van der Waals surface area contributed by atoms with Crippen LogP contribution in [-0.2, 0) is 4.79 Å². The van der Waals surface area contributed by atoms with E-state index in [1.54, 1.807) is 6.07 Å². The lowest BCUT2D eigenvalue weighted by Gasteiger charge is -2.22. The Morgan fingerprint density at radius 1 is 1.31 bits per heavy atom. The van der Waals surface area contributed by atoms with E-state index in [1.807, 2.05) is 4.90 Å². The highest BCUT2D eigenvalue weighted by Gasteiger charge is 2.34. The number of nitrogens with one attached hydrogen (secondary N) is 1. The minimum absolute atomic E-state index is 0.00582. The Balaban J connectivity index is 1.57. The monoisotopic (exact) mass is 371 g/mol. The van der Waals surface area contributed by atoms with Gasteiger partial charge in [-0.3, -0.25) is 4.79 Å². The van der Waals surface area contributed by atoms with Crippen LogP contribution in [-0.4, -0.2) is 37.9 Å². The van der Waals surface area contributed by atoms with Gasteiger partial charge in [0, 0.05) is 36.8 Å². The summed E-state index contributed by atoms with van der Waals surface area (Å²) in [5, 5.41) is 3.09. The van der Waals surface area contributed by atoms with Gasteiger partial charge in [-0.15, -0.1) is 13.2 Å². The van der Waals surface area contributed by atoms with Crippen LogP contribution in [0.3, 0.4) is 0 Å². The van der Waals surface area contributed by atoms with Crippen LogP contribution in [0.15, 0.2) is 24.3 Å². The Hall–Kier alpha value is -1.96. The second kappa shape index (κ2) is 7.73. The molecule has 3 atom stereocenters. The normalized spacial score (nSPS) is 26.2. The molecule has 1 aromatic rings. The molecule has 1 amide bonds. The minimum atomic E-state index is -4.71. The number of rotatable bonds is 5. The van der Waals surface area contributed by atoms with E-state index in [4.69, 9.17) is 5.73 Å². The first-order chi connectivity index (χ1) is 12.4. The number of halogens is 3. The molecule has 2 fully saturated rings. The lowest BCUT2D eigenvalue weighted by Crippen LogP contribution is -2.42. The van der Waals surface area contributed by atoms with E-state index in [2.05, 4.69) is 10.1 Å². The molecule has 1 aromatic carbocycles. The Morgan fingerprint density at radius 3 is 2.85 bits per heavy atom. The summed E-state index contributed by atoms with van der Waals surface area (Å²) in [5.74, 6) is 0.0550. The molecule has 0 aromatic heterocycles. The van der Waals surface area contributed by atoms with Gasteiger partial charge < -0.3 is 20.7 Å². The maximum Gasteiger partial charge on any atom is 0.573 e. The molecule has 0 spiro atoms. The molecule has 1 unspecified atom stereocenters. The van der Waals surface area contributed by atoms with Gasteiger partial charge in [0.25, 0.3) is 0 Å². The minimum Gasteiger partial charge on any atom is -0.406 e. The fourth-order valence-corrected chi connectivity index (χ4v) is 3.96. The van der Waals surface area contributed by atoms with Gasteiger partial charge in [-0.1, -0.05) is 12.5 Å². The van der Waals surface area contributed by atoms with Gasteiger partial charge in [-0.25, -0.2) is 0 Å². The molecule has 0 radical (unpaired) electrons. The molecule has 144 valence electrons. The van der Waals surface area contributed by atoms with Crippen LogP contribution < -0.4 is 20.7 Å². The highest BCUT2D eigenvalue weighted by atomic mass is 19.4. The molecular weight excluding hydrogens is 347 g/mol. The topological polar surface area (TPSA) is 67.6 Å². The third kappa shape index (κ3) is 4.60. The number of nitrogens with zero attached hydrogens (tertiary/aromatic N) is 1. The van der Waals surface area contributed by atoms with Crippen LogP contribution in [0.5, 0.6) is 5.75 Å². The number of benzene rings is 1. The van der Waals surface area contributed by atoms with Gasteiger partial charge in [0.15, 0.2) is 0 Å². The first kappa shape index (κ1) is 18.8. The van der Waals surface area contributed by atoms with Crippen LogP contribution >= 0.6 is 0 Å². The van der Waals surface area contributed by atoms with E-state index in [-0.39, 0.29) is 29.5 Å². The van der Waals surface area contributed by atoms with Crippen molar-refractivity contribution in [2.75, 3.05) is 24.5 Å². The molecule has 1 aliphatic heterocycles. The second-order valence-corrected chi connectivity index (χ2v) is 7.02. The summed E-state index contributed by atoms with van der Waals surface area (Å²) < 4.78 is 41.1. The van der Waals surface area contributed by atoms with E-state index in [9.17, 15) is 18.0 Å². The fraction of sp³-hybridized carbons (Fsp3) is 0.611. The van der Waals surface area contributed by atoms with Crippen molar-refractivity contribution in [3.8, 4) is 5.75 Å². The highest BCUT2D eigenvalue weighted by Crippen LogP contribution is 2.32. The zero-order chi connectivity index (χ0) is 18.7. The van der Waals surface area contributed by atoms with Crippen LogP contribution in [0.25, 0.3) is 0 Å². The van der Waals surface area contributed by atoms with Crippen molar-refractivity contribution in [1.29, 1.82) is 0 Å². The molecule has 8 heteroatoms. The molecule has 0 bridgehead atoms. The van der Waals surface area contributed by atoms with Crippen molar-refractivity contribution in [2.45, 2.75) is 38.1 Å². The van der Waals surface area contributed by atoms with Crippen LogP contribution in [0.1, 0.15) is 25.7 Å². The molecule has 3 rings (SSSR count). The zero-order valence-corrected chi connectivity index (χ0v) is 14.5. The van der Waals surface area contributed by atoms with Crippen LogP contribution in [0, 0.1) is 11.8 Å². The summed E-state index contributed by atoms with van der Waals surface area (Å²) in [6.07, 6.45) is -1.04. The molecule has 5 nitrogen and oxygen atoms in total. The smallest absolute Gasteiger partial charge is 0.406 e. The van der Waals surface area contributed by atoms with Gasteiger partial charge in [0.05, 0.1) is 0 Å². The molecule has 2 aliphatic rings. The van der Waals surface area contributed by atoms with Crippen molar-refractivity contribution in [3.05, 3.63) is 24.3 Å². The molecule has 1 saturated carbocycles. The van der Waals surface area contributed by atoms with Crippen LogP contribution in [0.2, 0.25) is 0 Å². The Morgan fingerprint density at radius 2 is 2.12 bits per heavy atom. The van der Waals surface area contributed by atoms with E-state index in [0.717, 1.165) is 25.7 Å². The third-order valence-corrected chi connectivity index (χ3v) is 5.25. The second-order valence-electron chi connectivity index (χ2n) is 7.02. The number of carbonyl (C=O) groups is 1. The molecule has 3 N–H and O–H groups in total. The van der Waals surface area contributed by atoms with Crippen molar-refractivity contribution in [1.82, 2.24) is 5.32 Å². The summed E-state index contributed by atoms with van der Waals surface area (Å²) in [6, 6.07) is 5.92. The number of hydrogen-bond donors (Lipinski definition) is 2. The molecule has 1 heterocycles. The third-order valence-electron chi connectivity index (χ3n) is 5.25.